The van der Waals surface area contributed by atoms with Crippen LogP contribution < -0.4 is 5.32 Å². The van der Waals surface area contributed by atoms with E-state index in [0.29, 0.717) is 13.2 Å². The first-order valence-electron chi connectivity index (χ1n) is 8.90. The second-order valence-electron chi connectivity index (χ2n) is 5.61. The molecule has 0 atom stereocenters. The highest BCUT2D eigenvalue weighted by atomic mass is 16.5. The van der Waals surface area contributed by atoms with Crippen LogP contribution in [0.4, 0.5) is 4.79 Å². The fourth-order valence-corrected chi connectivity index (χ4v) is 3.02. The predicted octanol–water partition coefficient (Wildman–Crippen LogP) is 5.35. The first-order valence-corrected chi connectivity index (χ1v) is 8.90. The average molecular weight is 325 g/mol. The molecule has 0 heterocycles. The van der Waals surface area contributed by atoms with Crippen molar-refractivity contribution in [3.05, 3.63) is 59.7 Å². The highest BCUT2D eigenvalue weighted by molar-refractivity contribution is 5.79. The largest absolute Gasteiger partial charge is 0.449 e. The predicted molar refractivity (Wildman–Crippen MR) is 99.3 cm³/mol. The van der Waals surface area contributed by atoms with Gasteiger partial charge in [-0.1, -0.05) is 75.7 Å². The van der Waals surface area contributed by atoms with Gasteiger partial charge in [0.15, 0.2) is 0 Å². The highest BCUT2D eigenvalue weighted by Gasteiger charge is 2.28. The summed E-state index contributed by atoms with van der Waals surface area (Å²) in [4.78, 5) is 11.8. The molecule has 2 aromatic rings. The maximum Gasteiger partial charge on any atom is 0.407 e. The molecule has 128 valence electrons. The monoisotopic (exact) mass is 325 g/mol. The van der Waals surface area contributed by atoms with E-state index >= 15 is 0 Å². The lowest BCUT2D eigenvalue weighted by Gasteiger charge is -2.14. The maximum absolute atomic E-state index is 11.8. The molecule has 0 radical (unpaired) electrons. The van der Waals surface area contributed by atoms with Crippen molar-refractivity contribution in [2.75, 3.05) is 13.2 Å². The molecule has 0 spiro atoms. The van der Waals surface area contributed by atoms with Gasteiger partial charge in [0.05, 0.1) is 0 Å². The zero-order valence-corrected chi connectivity index (χ0v) is 14.8. The van der Waals surface area contributed by atoms with Crippen molar-refractivity contribution < 1.29 is 9.53 Å². The van der Waals surface area contributed by atoms with Crippen molar-refractivity contribution in [1.82, 2.24) is 5.32 Å². The van der Waals surface area contributed by atoms with Crippen molar-refractivity contribution in [2.24, 2.45) is 0 Å². The third kappa shape index (κ3) is 3.97. The number of nitrogens with one attached hydrogen (secondary N) is 1. The van der Waals surface area contributed by atoms with Crippen LogP contribution >= 0.6 is 0 Å². The quantitative estimate of drug-likeness (QED) is 0.752. The van der Waals surface area contributed by atoms with Crippen LogP contribution in [-0.2, 0) is 4.74 Å². The molecule has 3 nitrogen and oxygen atoms in total. The smallest absolute Gasteiger partial charge is 0.407 e. The summed E-state index contributed by atoms with van der Waals surface area (Å²) >= 11 is 0. The van der Waals surface area contributed by atoms with Gasteiger partial charge in [0.1, 0.15) is 6.61 Å². The summed E-state index contributed by atoms with van der Waals surface area (Å²) in [6, 6.07) is 16.7. The number of fused-ring (bicyclic) bond motifs is 3. The summed E-state index contributed by atoms with van der Waals surface area (Å²) in [6.45, 7) is 7.15. The number of hydrogen-bond acceptors (Lipinski definition) is 2. The van der Waals surface area contributed by atoms with Crippen molar-refractivity contribution in [3.8, 4) is 11.1 Å². The third-order valence-electron chi connectivity index (χ3n) is 4.14. The molecule has 0 fully saturated rings. The van der Waals surface area contributed by atoms with E-state index in [4.69, 9.17) is 4.74 Å². The van der Waals surface area contributed by atoms with Gasteiger partial charge < -0.3 is 10.1 Å². The molecule has 0 unspecified atom stereocenters. The zero-order valence-electron chi connectivity index (χ0n) is 14.8. The second-order valence-corrected chi connectivity index (χ2v) is 5.61. The molecule has 3 heteroatoms. The molecule has 1 amide bonds. The van der Waals surface area contributed by atoms with Crippen LogP contribution in [0.2, 0.25) is 0 Å². The molecule has 1 aliphatic carbocycles. The Hall–Kier alpha value is -2.29. The van der Waals surface area contributed by atoms with Crippen molar-refractivity contribution >= 4 is 6.09 Å². The molecule has 0 aromatic heterocycles. The van der Waals surface area contributed by atoms with Gasteiger partial charge in [-0.25, -0.2) is 4.79 Å². The van der Waals surface area contributed by atoms with E-state index in [-0.39, 0.29) is 12.0 Å². The van der Waals surface area contributed by atoms with Crippen LogP contribution in [-0.4, -0.2) is 19.2 Å². The zero-order chi connectivity index (χ0) is 17.4. The molecule has 0 saturated carbocycles. The van der Waals surface area contributed by atoms with Crippen LogP contribution in [0.3, 0.4) is 0 Å². The van der Waals surface area contributed by atoms with Crippen molar-refractivity contribution in [2.45, 2.75) is 39.5 Å². The van der Waals surface area contributed by atoms with Crippen LogP contribution in [0.1, 0.15) is 50.7 Å². The van der Waals surface area contributed by atoms with Gasteiger partial charge >= 0.3 is 6.09 Å². The molecule has 2 aromatic carbocycles. The number of alkyl carbamates (subject to hydrolysis) is 1. The van der Waals surface area contributed by atoms with E-state index in [1.54, 1.807) is 0 Å². The van der Waals surface area contributed by atoms with Gasteiger partial charge in [-0.05, 0) is 28.7 Å². The Morgan fingerprint density at radius 1 is 1.00 bits per heavy atom. The molecule has 0 bridgehead atoms. The summed E-state index contributed by atoms with van der Waals surface area (Å²) in [5.74, 6) is 0.129. The fraction of sp³-hybridized carbons (Fsp3) is 0.381. The van der Waals surface area contributed by atoms with Crippen LogP contribution in [0.15, 0.2) is 48.5 Å². The molecular weight excluding hydrogens is 298 g/mol. The number of amides is 1. The van der Waals surface area contributed by atoms with Gasteiger partial charge in [-0.2, -0.15) is 0 Å². The Balaban J connectivity index is 0.00000100. The van der Waals surface area contributed by atoms with Crippen LogP contribution in [0.5, 0.6) is 0 Å². The lowest BCUT2D eigenvalue weighted by Crippen LogP contribution is -2.26. The Morgan fingerprint density at radius 3 is 2.08 bits per heavy atom. The molecule has 1 aliphatic rings. The minimum atomic E-state index is -0.324. The molecule has 0 aliphatic heterocycles. The first kappa shape index (κ1) is 18.1. The summed E-state index contributed by atoms with van der Waals surface area (Å²) in [7, 11) is 0. The second kappa shape index (κ2) is 9.11. The minimum Gasteiger partial charge on any atom is -0.449 e. The molecule has 0 saturated heterocycles. The minimum absolute atomic E-state index is 0.129. The van der Waals surface area contributed by atoms with Gasteiger partial charge in [-0.15, -0.1) is 0 Å². The van der Waals surface area contributed by atoms with E-state index in [9.17, 15) is 4.79 Å². The fourth-order valence-electron chi connectivity index (χ4n) is 3.02. The normalized spacial score (nSPS) is 11.8. The highest BCUT2D eigenvalue weighted by Crippen LogP contribution is 2.44. The molecular formula is C21H27NO2. The Morgan fingerprint density at radius 2 is 1.54 bits per heavy atom. The maximum atomic E-state index is 11.8. The molecule has 24 heavy (non-hydrogen) atoms. The summed E-state index contributed by atoms with van der Waals surface area (Å²) in [5, 5.41) is 2.79. The van der Waals surface area contributed by atoms with E-state index in [1.165, 1.54) is 22.3 Å². The van der Waals surface area contributed by atoms with E-state index in [2.05, 4.69) is 48.6 Å². The van der Waals surface area contributed by atoms with Crippen LogP contribution in [0.25, 0.3) is 11.1 Å². The van der Waals surface area contributed by atoms with E-state index < -0.39 is 0 Å². The third-order valence-corrected chi connectivity index (χ3v) is 4.14. The number of hydrogen-bond donors (Lipinski definition) is 1. The van der Waals surface area contributed by atoms with E-state index in [0.717, 1.165) is 12.8 Å². The Bertz CT molecular complexity index is 621. The molecule has 1 N–H and O–H groups in total. The summed E-state index contributed by atoms with van der Waals surface area (Å²) < 4.78 is 5.44. The number of carbonyl (C=O) groups excluding carboxylic acids is 1. The number of ether oxygens (including phenoxy) is 1. The van der Waals surface area contributed by atoms with Gasteiger partial charge in [0, 0.05) is 12.5 Å². The van der Waals surface area contributed by atoms with E-state index in [1.807, 2.05) is 26.0 Å². The summed E-state index contributed by atoms with van der Waals surface area (Å²) in [6.07, 6.45) is 1.71. The average Bonchev–Trinajstić information content (AvgIpc) is 2.96. The Kier molecular flexibility index (Phi) is 6.86. The Labute approximate surface area is 145 Å². The number of benzene rings is 2. The van der Waals surface area contributed by atoms with Crippen LogP contribution in [0, 0.1) is 0 Å². The molecule has 3 rings (SSSR count). The standard InChI is InChI=1S/C19H21NO2.C2H6/c1-2-3-12-20-19(21)22-13-18-16-10-6-4-8-14(16)15-9-5-7-11-17(15)18;1-2/h4-11,18H,2-3,12-13H2,1H3,(H,20,21);1-2H3. The van der Waals surface area contributed by atoms with Crippen molar-refractivity contribution in [3.63, 3.8) is 0 Å². The number of rotatable bonds is 5. The lowest BCUT2D eigenvalue weighted by atomic mass is 9.98. The number of carbonyl (C=O) groups is 1. The first-order chi connectivity index (χ1) is 11.8. The van der Waals surface area contributed by atoms with Gasteiger partial charge in [0.2, 0.25) is 0 Å². The topological polar surface area (TPSA) is 38.3 Å². The van der Waals surface area contributed by atoms with Gasteiger partial charge in [-0.3, -0.25) is 0 Å². The SMILES string of the molecule is CC.CCCCNC(=O)OCC1c2ccccc2-c2ccccc21. The lowest BCUT2D eigenvalue weighted by molar-refractivity contribution is 0.143. The van der Waals surface area contributed by atoms with Crippen molar-refractivity contribution in [1.29, 1.82) is 0 Å². The number of unbranched alkanes of at least 4 members (excludes halogenated alkanes) is 1. The van der Waals surface area contributed by atoms with Gasteiger partial charge in [0.25, 0.3) is 0 Å². The summed E-state index contributed by atoms with van der Waals surface area (Å²) in [5.41, 5.74) is 4.98.